The first kappa shape index (κ1) is 22.1. The van der Waals surface area contributed by atoms with Crippen molar-refractivity contribution in [2.75, 3.05) is 11.9 Å². The number of anilines is 1. The standard InChI is InChI=1S/C21H22F2N4O4S/c22-18(23)31-15-7-2-1-6-13(15)14-12-32-19(24-14)25-16(28)8-5-11-27-17(29)21(26-20(27)30)9-3-4-10-21/h1-2,6-7,12,18H,3-5,8-11H2,(H,26,30)(H,24,25,28). The van der Waals surface area contributed by atoms with Gasteiger partial charge in [0.1, 0.15) is 11.3 Å². The van der Waals surface area contributed by atoms with Crippen molar-refractivity contribution < 1.29 is 27.9 Å². The van der Waals surface area contributed by atoms with E-state index in [2.05, 4.69) is 20.4 Å². The van der Waals surface area contributed by atoms with Crippen molar-refractivity contribution >= 4 is 34.3 Å². The molecular formula is C21H22F2N4O4S. The van der Waals surface area contributed by atoms with Crippen LogP contribution in [0.15, 0.2) is 29.6 Å². The third-order valence-corrected chi connectivity index (χ3v) is 6.38. The van der Waals surface area contributed by atoms with E-state index in [4.69, 9.17) is 0 Å². The van der Waals surface area contributed by atoms with Crippen molar-refractivity contribution in [3.8, 4) is 17.0 Å². The van der Waals surface area contributed by atoms with Crippen LogP contribution in [0.2, 0.25) is 0 Å². The minimum absolute atomic E-state index is 0.000678. The Hall–Kier alpha value is -3.08. The number of hydrogen-bond acceptors (Lipinski definition) is 6. The zero-order valence-corrected chi connectivity index (χ0v) is 17.9. The third kappa shape index (κ3) is 4.57. The number of imide groups is 1. The van der Waals surface area contributed by atoms with Gasteiger partial charge in [-0.2, -0.15) is 8.78 Å². The van der Waals surface area contributed by atoms with Gasteiger partial charge < -0.3 is 15.4 Å². The molecule has 1 aromatic heterocycles. The summed E-state index contributed by atoms with van der Waals surface area (Å²) in [6, 6.07) is 5.89. The Labute approximate surface area is 187 Å². The molecule has 1 spiro atoms. The highest BCUT2D eigenvalue weighted by Crippen LogP contribution is 2.35. The number of nitrogens with zero attached hydrogens (tertiary/aromatic N) is 2. The maximum atomic E-state index is 12.6. The molecule has 0 unspecified atom stereocenters. The normalized spacial score (nSPS) is 17.3. The van der Waals surface area contributed by atoms with Crippen LogP contribution >= 0.6 is 11.3 Å². The molecule has 2 fully saturated rings. The molecule has 4 rings (SSSR count). The molecule has 0 radical (unpaired) electrons. The molecule has 1 aromatic carbocycles. The van der Waals surface area contributed by atoms with Gasteiger partial charge in [-0.3, -0.25) is 14.5 Å². The van der Waals surface area contributed by atoms with Crippen LogP contribution in [0.5, 0.6) is 5.75 Å². The second-order valence-corrected chi connectivity index (χ2v) is 8.60. The molecular weight excluding hydrogens is 442 g/mol. The number of halogens is 2. The number of ether oxygens (including phenoxy) is 1. The lowest BCUT2D eigenvalue weighted by atomic mass is 9.98. The van der Waals surface area contributed by atoms with Crippen molar-refractivity contribution in [1.82, 2.24) is 15.2 Å². The van der Waals surface area contributed by atoms with Crippen LogP contribution in [-0.4, -0.2) is 46.4 Å². The lowest BCUT2D eigenvalue weighted by Gasteiger charge is -2.19. The van der Waals surface area contributed by atoms with Crippen LogP contribution in [-0.2, 0) is 9.59 Å². The molecule has 0 bridgehead atoms. The molecule has 1 aliphatic carbocycles. The molecule has 1 aliphatic heterocycles. The number of amides is 4. The third-order valence-electron chi connectivity index (χ3n) is 5.62. The monoisotopic (exact) mass is 464 g/mol. The summed E-state index contributed by atoms with van der Waals surface area (Å²) in [6.07, 6.45) is 3.57. The van der Waals surface area contributed by atoms with Gasteiger partial charge in [-0.15, -0.1) is 11.3 Å². The van der Waals surface area contributed by atoms with Gasteiger partial charge in [0.05, 0.1) is 5.69 Å². The molecule has 1 saturated carbocycles. The Balaban J connectivity index is 1.30. The molecule has 11 heteroatoms. The molecule has 0 atom stereocenters. The number of benzene rings is 1. The Morgan fingerprint density at radius 2 is 2.03 bits per heavy atom. The Bertz CT molecular complexity index is 1020. The number of nitrogens with one attached hydrogen (secondary N) is 2. The lowest BCUT2D eigenvalue weighted by molar-refractivity contribution is -0.131. The maximum Gasteiger partial charge on any atom is 0.387 e. The molecule has 1 saturated heterocycles. The predicted molar refractivity (Wildman–Crippen MR) is 113 cm³/mol. The molecule has 2 aromatic rings. The smallest absolute Gasteiger partial charge is 0.387 e. The Kier molecular flexibility index (Phi) is 6.35. The lowest BCUT2D eigenvalue weighted by Crippen LogP contribution is -2.44. The maximum absolute atomic E-state index is 12.6. The number of aromatic nitrogens is 1. The van der Waals surface area contributed by atoms with Gasteiger partial charge >= 0.3 is 12.6 Å². The molecule has 2 aliphatic rings. The van der Waals surface area contributed by atoms with Gasteiger partial charge in [0.25, 0.3) is 5.91 Å². The number of rotatable bonds is 8. The highest BCUT2D eigenvalue weighted by atomic mass is 32.1. The van der Waals surface area contributed by atoms with Gasteiger partial charge in [0.15, 0.2) is 5.13 Å². The Morgan fingerprint density at radius 3 is 2.78 bits per heavy atom. The second-order valence-electron chi connectivity index (χ2n) is 7.74. The fourth-order valence-corrected chi connectivity index (χ4v) is 4.83. The minimum atomic E-state index is -2.96. The van der Waals surface area contributed by atoms with Crippen LogP contribution in [0, 0.1) is 0 Å². The summed E-state index contributed by atoms with van der Waals surface area (Å²) in [5.41, 5.74) is 0.0488. The molecule has 32 heavy (non-hydrogen) atoms. The molecule has 2 heterocycles. The highest BCUT2D eigenvalue weighted by Gasteiger charge is 2.52. The van der Waals surface area contributed by atoms with E-state index in [1.165, 1.54) is 11.0 Å². The van der Waals surface area contributed by atoms with E-state index in [1.54, 1.807) is 23.6 Å². The summed E-state index contributed by atoms with van der Waals surface area (Å²) >= 11 is 1.16. The van der Waals surface area contributed by atoms with Gasteiger partial charge in [-0.25, -0.2) is 9.78 Å². The van der Waals surface area contributed by atoms with Crippen molar-refractivity contribution in [3.63, 3.8) is 0 Å². The number of carbonyl (C=O) groups excluding carboxylic acids is 3. The first-order valence-corrected chi connectivity index (χ1v) is 11.2. The van der Waals surface area contributed by atoms with Crippen molar-refractivity contribution in [2.45, 2.75) is 50.7 Å². The first-order chi connectivity index (χ1) is 15.4. The minimum Gasteiger partial charge on any atom is -0.434 e. The topological polar surface area (TPSA) is 101 Å². The average molecular weight is 464 g/mol. The highest BCUT2D eigenvalue weighted by molar-refractivity contribution is 7.14. The summed E-state index contributed by atoms with van der Waals surface area (Å²) in [5.74, 6) is -0.514. The second kappa shape index (κ2) is 9.19. The van der Waals surface area contributed by atoms with Gasteiger partial charge in [0.2, 0.25) is 5.91 Å². The van der Waals surface area contributed by atoms with E-state index in [9.17, 15) is 23.2 Å². The van der Waals surface area contributed by atoms with Crippen LogP contribution in [0.25, 0.3) is 11.3 Å². The summed E-state index contributed by atoms with van der Waals surface area (Å²) in [5, 5.41) is 7.43. The molecule has 2 N–H and O–H groups in total. The number of hydrogen-bond donors (Lipinski definition) is 2. The summed E-state index contributed by atoms with van der Waals surface area (Å²) < 4.78 is 29.7. The van der Waals surface area contributed by atoms with Crippen molar-refractivity contribution in [3.05, 3.63) is 29.6 Å². The zero-order valence-electron chi connectivity index (χ0n) is 17.1. The SMILES string of the molecule is O=C(CCCN1C(=O)NC2(CCCC2)C1=O)Nc1nc(-c2ccccc2OC(F)F)cs1. The molecule has 170 valence electrons. The fraction of sp³-hybridized carbons (Fsp3) is 0.429. The Morgan fingerprint density at radius 1 is 1.28 bits per heavy atom. The number of thiazole rings is 1. The number of alkyl halides is 2. The van der Waals surface area contributed by atoms with Gasteiger partial charge in [0, 0.05) is 23.9 Å². The molecule has 4 amide bonds. The molecule has 8 nitrogen and oxygen atoms in total. The van der Waals surface area contributed by atoms with Gasteiger partial charge in [-0.1, -0.05) is 25.0 Å². The van der Waals surface area contributed by atoms with E-state index < -0.39 is 18.2 Å². The summed E-state index contributed by atoms with van der Waals surface area (Å²) in [7, 11) is 0. The van der Waals surface area contributed by atoms with E-state index in [0.717, 1.165) is 24.2 Å². The number of carbonyl (C=O) groups is 3. The van der Waals surface area contributed by atoms with E-state index in [1.807, 2.05) is 0 Å². The predicted octanol–water partition coefficient (Wildman–Crippen LogP) is 3.99. The number of urea groups is 1. The van der Waals surface area contributed by atoms with Crippen LogP contribution in [0.3, 0.4) is 0 Å². The quantitative estimate of drug-likeness (QED) is 0.576. The first-order valence-electron chi connectivity index (χ1n) is 10.3. The van der Waals surface area contributed by atoms with E-state index in [-0.39, 0.29) is 30.5 Å². The summed E-state index contributed by atoms with van der Waals surface area (Å²) in [4.78, 5) is 42.5. The summed E-state index contributed by atoms with van der Waals surface area (Å²) in [6.45, 7) is -2.79. The van der Waals surface area contributed by atoms with Crippen LogP contribution < -0.4 is 15.4 Å². The fourth-order valence-electron chi connectivity index (χ4n) is 4.11. The zero-order chi connectivity index (χ0) is 22.7. The number of para-hydroxylation sites is 1. The van der Waals surface area contributed by atoms with Crippen LogP contribution in [0.4, 0.5) is 18.7 Å². The van der Waals surface area contributed by atoms with Crippen LogP contribution in [0.1, 0.15) is 38.5 Å². The van der Waals surface area contributed by atoms with Gasteiger partial charge in [-0.05, 0) is 31.4 Å². The largest absolute Gasteiger partial charge is 0.434 e. The van der Waals surface area contributed by atoms with E-state index >= 15 is 0 Å². The van der Waals surface area contributed by atoms with Crippen molar-refractivity contribution in [1.29, 1.82) is 0 Å². The average Bonchev–Trinajstić information content (AvgIpc) is 3.45. The van der Waals surface area contributed by atoms with E-state index in [0.29, 0.717) is 35.7 Å². The van der Waals surface area contributed by atoms with Crippen molar-refractivity contribution in [2.24, 2.45) is 0 Å².